The van der Waals surface area contributed by atoms with E-state index >= 15 is 0 Å². The molecule has 184 valence electrons. The summed E-state index contributed by atoms with van der Waals surface area (Å²) in [6.07, 6.45) is 1.29. The highest BCUT2D eigenvalue weighted by molar-refractivity contribution is 7.89. The number of aryl methyl sites for hydroxylation is 1. The van der Waals surface area contributed by atoms with Gasteiger partial charge in [0.2, 0.25) is 10.0 Å². The number of fused-ring (bicyclic) bond motifs is 4. The third kappa shape index (κ3) is 4.59. The summed E-state index contributed by atoms with van der Waals surface area (Å²) in [7, 11) is -3.61. The zero-order valence-corrected chi connectivity index (χ0v) is 21.0. The van der Waals surface area contributed by atoms with Crippen LogP contribution in [-0.2, 0) is 16.6 Å². The molecule has 6 nitrogen and oxygen atoms in total. The molecule has 5 aromatic rings. The lowest BCUT2D eigenvalue weighted by Crippen LogP contribution is -2.27. The number of carbonyl (C=O) groups excluding carboxylic acids is 1. The molecule has 1 heterocycles. The topological polar surface area (TPSA) is 80.2 Å². The van der Waals surface area contributed by atoms with Crippen molar-refractivity contribution in [3.05, 3.63) is 90.5 Å². The average Bonchev–Trinajstić information content (AvgIpc) is 3.23. The van der Waals surface area contributed by atoms with Crippen molar-refractivity contribution in [1.29, 1.82) is 0 Å². The summed E-state index contributed by atoms with van der Waals surface area (Å²) in [5, 5.41) is 6.77. The number of amides is 1. The van der Waals surface area contributed by atoms with Crippen LogP contribution in [0, 0.1) is 0 Å². The Morgan fingerprint density at radius 1 is 0.778 bits per heavy atom. The second-order valence-electron chi connectivity index (χ2n) is 8.83. The molecule has 5 rings (SSSR count). The van der Waals surface area contributed by atoms with Gasteiger partial charge in [-0.15, -0.1) is 0 Å². The fourth-order valence-corrected chi connectivity index (χ4v) is 6.11. The lowest BCUT2D eigenvalue weighted by Gasteiger charge is -2.10. The highest BCUT2D eigenvalue weighted by Crippen LogP contribution is 2.29. The quantitative estimate of drug-likeness (QED) is 0.265. The Labute approximate surface area is 211 Å². The first kappa shape index (κ1) is 24.0. The summed E-state index contributed by atoms with van der Waals surface area (Å²) in [6, 6.07) is 26.8. The average molecular weight is 500 g/mol. The molecule has 0 unspecified atom stereocenters. The number of nitrogens with zero attached hydrogens (tertiary/aromatic N) is 1. The highest BCUT2D eigenvalue weighted by Gasteiger charge is 2.16. The second kappa shape index (κ2) is 10.1. The lowest BCUT2D eigenvalue weighted by molar-refractivity contribution is 0.0953. The molecule has 1 amide bonds. The maximum Gasteiger partial charge on any atom is 0.251 e. The van der Waals surface area contributed by atoms with Crippen LogP contribution in [0.15, 0.2) is 89.8 Å². The minimum absolute atomic E-state index is 0.124. The molecular weight excluding hydrogens is 470 g/mol. The predicted molar refractivity (Wildman–Crippen MR) is 146 cm³/mol. The molecule has 4 aromatic carbocycles. The van der Waals surface area contributed by atoms with Crippen molar-refractivity contribution in [3.63, 3.8) is 0 Å². The first-order valence-electron chi connectivity index (χ1n) is 12.3. The molecule has 36 heavy (non-hydrogen) atoms. The summed E-state index contributed by atoms with van der Waals surface area (Å²) in [6.45, 7) is 3.77. The molecule has 1 aromatic heterocycles. The number of nitrogens with one attached hydrogen (secondary N) is 2. The van der Waals surface area contributed by atoms with Gasteiger partial charge in [0.1, 0.15) is 0 Å². The zero-order valence-electron chi connectivity index (χ0n) is 20.2. The number of para-hydroxylation sites is 1. The summed E-state index contributed by atoms with van der Waals surface area (Å²) in [5.74, 6) is -0.124. The van der Waals surface area contributed by atoms with E-state index < -0.39 is 10.0 Å². The van der Waals surface area contributed by atoms with Crippen LogP contribution in [0.1, 0.15) is 30.1 Å². The van der Waals surface area contributed by atoms with E-state index in [1.54, 1.807) is 12.1 Å². The maximum absolute atomic E-state index is 12.8. The normalized spacial score (nSPS) is 11.9. The molecule has 2 N–H and O–H groups in total. The minimum Gasteiger partial charge on any atom is -0.352 e. The van der Waals surface area contributed by atoms with Gasteiger partial charge in [0.15, 0.2) is 0 Å². The monoisotopic (exact) mass is 499 g/mol. The van der Waals surface area contributed by atoms with E-state index in [1.165, 1.54) is 5.52 Å². The van der Waals surface area contributed by atoms with E-state index in [0.29, 0.717) is 36.9 Å². The fraction of sp³-hybridized carbons (Fsp3) is 0.207. The molecule has 0 aliphatic carbocycles. The fourth-order valence-electron chi connectivity index (χ4n) is 4.80. The van der Waals surface area contributed by atoms with Gasteiger partial charge in [-0.1, -0.05) is 54.6 Å². The van der Waals surface area contributed by atoms with E-state index in [4.69, 9.17) is 0 Å². The molecular formula is C29H29N3O3S. The molecule has 7 heteroatoms. The number of aromatic nitrogens is 1. The Hall–Kier alpha value is -3.68. The van der Waals surface area contributed by atoms with Crippen LogP contribution < -0.4 is 10.0 Å². The van der Waals surface area contributed by atoms with Gasteiger partial charge in [0.25, 0.3) is 5.91 Å². The van der Waals surface area contributed by atoms with Crippen LogP contribution in [0.2, 0.25) is 0 Å². The third-order valence-corrected chi connectivity index (χ3v) is 8.09. The van der Waals surface area contributed by atoms with Gasteiger partial charge in [0, 0.05) is 52.4 Å². The SMILES string of the molecule is CCn1c2ccccc2c2cc(C(=O)NCCCCNS(=O)(=O)c3cccc4ccccc34)ccc21. The van der Waals surface area contributed by atoms with Gasteiger partial charge in [-0.05, 0) is 55.5 Å². The Morgan fingerprint density at radius 3 is 2.31 bits per heavy atom. The van der Waals surface area contributed by atoms with Crippen molar-refractivity contribution in [2.75, 3.05) is 13.1 Å². The zero-order chi connectivity index (χ0) is 25.1. The van der Waals surface area contributed by atoms with Crippen LogP contribution in [0.4, 0.5) is 0 Å². The van der Waals surface area contributed by atoms with E-state index in [-0.39, 0.29) is 10.8 Å². The van der Waals surface area contributed by atoms with Crippen LogP contribution in [0.3, 0.4) is 0 Å². The number of unbranched alkanes of at least 4 members (excludes halogenated alkanes) is 1. The van der Waals surface area contributed by atoms with Crippen molar-refractivity contribution >= 4 is 48.5 Å². The second-order valence-corrected chi connectivity index (χ2v) is 10.6. The molecule has 0 saturated heterocycles. The van der Waals surface area contributed by atoms with Crippen molar-refractivity contribution in [3.8, 4) is 0 Å². The van der Waals surface area contributed by atoms with E-state index in [1.807, 2.05) is 60.7 Å². The summed E-state index contributed by atoms with van der Waals surface area (Å²) in [4.78, 5) is 13.1. The van der Waals surface area contributed by atoms with Crippen LogP contribution >= 0.6 is 0 Å². The van der Waals surface area contributed by atoms with Crippen molar-refractivity contribution in [2.24, 2.45) is 0 Å². The van der Waals surface area contributed by atoms with Gasteiger partial charge in [-0.25, -0.2) is 13.1 Å². The smallest absolute Gasteiger partial charge is 0.251 e. The first-order valence-corrected chi connectivity index (χ1v) is 13.7. The van der Waals surface area contributed by atoms with Crippen LogP contribution in [0.25, 0.3) is 32.6 Å². The first-order chi connectivity index (χ1) is 17.5. The van der Waals surface area contributed by atoms with Crippen molar-refractivity contribution in [1.82, 2.24) is 14.6 Å². The largest absolute Gasteiger partial charge is 0.352 e. The van der Waals surface area contributed by atoms with Gasteiger partial charge in [0.05, 0.1) is 4.90 Å². The predicted octanol–water partition coefficient (Wildman–Crippen LogP) is 5.46. The van der Waals surface area contributed by atoms with Crippen molar-refractivity contribution in [2.45, 2.75) is 31.2 Å². The number of rotatable bonds is 9. The van der Waals surface area contributed by atoms with Gasteiger partial charge in [-0.3, -0.25) is 4.79 Å². The molecule has 0 fully saturated rings. The number of hydrogen-bond donors (Lipinski definition) is 2. The molecule has 0 spiro atoms. The number of sulfonamides is 1. The number of carbonyl (C=O) groups is 1. The third-order valence-electron chi connectivity index (χ3n) is 6.57. The van der Waals surface area contributed by atoms with Gasteiger partial charge < -0.3 is 9.88 Å². The van der Waals surface area contributed by atoms with Gasteiger partial charge >= 0.3 is 0 Å². The molecule has 0 aliphatic heterocycles. The van der Waals surface area contributed by atoms with E-state index in [2.05, 4.69) is 33.7 Å². The highest BCUT2D eigenvalue weighted by atomic mass is 32.2. The standard InChI is InChI=1S/C29H29N3O3S/c1-2-32-26-14-6-5-13-24(26)25-20-22(16-17-27(25)32)29(33)30-18-7-8-19-31-36(34,35)28-15-9-11-21-10-3-4-12-23(21)28/h3-6,9-17,20,31H,2,7-8,18-19H2,1H3,(H,30,33). The Kier molecular flexibility index (Phi) is 6.76. The summed E-state index contributed by atoms with van der Waals surface area (Å²) < 4.78 is 30.6. The number of benzene rings is 4. The van der Waals surface area contributed by atoms with E-state index in [9.17, 15) is 13.2 Å². The maximum atomic E-state index is 12.8. The van der Waals surface area contributed by atoms with Crippen LogP contribution in [0.5, 0.6) is 0 Å². The summed E-state index contributed by atoms with van der Waals surface area (Å²) >= 11 is 0. The van der Waals surface area contributed by atoms with E-state index in [0.717, 1.165) is 28.2 Å². The molecule has 0 saturated carbocycles. The number of hydrogen-bond acceptors (Lipinski definition) is 3. The van der Waals surface area contributed by atoms with Gasteiger partial charge in [-0.2, -0.15) is 0 Å². The van der Waals surface area contributed by atoms with Crippen LogP contribution in [-0.4, -0.2) is 32.0 Å². The molecule has 0 atom stereocenters. The van der Waals surface area contributed by atoms with Crippen molar-refractivity contribution < 1.29 is 13.2 Å². The molecule has 0 bridgehead atoms. The molecule has 0 radical (unpaired) electrons. The lowest BCUT2D eigenvalue weighted by atomic mass is 10.1. The Bertz CT molecular complexity index is 1670. The Balaban J connectivity index is 1.17. The Morgan fingerprint density at radius 2 is 1.47 bits per heavy atom. The summed E-state index contributed by atoms with van der Waals surface area (Å²) in [5.41, 5.74) is 2.91. The molecule has 0 aliphatic rings. The minimum atomic E-state index is -3.61.